The zero-order valence-corrected chi connectivity index (χ0v) is 11.7. The fourth-order valence-electron chi connectivity index (χ4n) is 2.59. The fourth-order valence-corrected chi connectivity index (χ4v) is 3.50. The van der Waals surface area contributed by atoms with Crippen LogP contribution in [0.1, 0.15) is 25.7 Å². The van der Waals surface area contributed by atoms with E-state index in [4.69, 9.17) is 5.73 Å². The number of nitrogens with two attached hydrogens (primary N) is 1. The first-order valence-corrected chi connectivity index (χ1v) is 7.52. The van der Waals surface area contributed by atoms with Gasteiger partial charge in [-0.1, -0.05) is 24.2 Å². The lowest BCUT2D eigenvalue weighted by molar-refractivity contribution is -0.384. The first kappa shape index (κ1) is 13.3. The molecule has 0 saturated heterocycles. The summed E-state index contributed by atoms with van der Waals surface area (Å²) < 4.78 is 0.947. The maximum Gasteiger partial charge on any atom is 0.271 e. The molecule has 1 aliphatic rings. The van der Waals surface area contributed by atoms with E-state index < -0.39 is 4.92 Å². The molecule has 0 amide bonds. The van der Waals surface area contributed by atoms with Crippen LogP contribution in [-0.2, 0) is 0 Å². The molecular weight excluding hydrogens is 276 g/mol. The Balaban J connectivity index is 1.83. The van der Waals surface area contributed by atoms with Gasteiger partial charge < -0.3 is 11.1 Å². The average Bonchev–Trinajstić information content (AvgIpc) is 2.82. The summed E-state index contributed by atoms with van der Waals surface area (Å²) in [6.07, 6.45) is 4.46. The van der Waals surface area contributed by atoms with Gasteiger partial charge >= 0.3 is 0 Å². The number of rotatable bonds is 3. The minimum absolute atomic E-state index is 0.0729. The molecule has 2 atom stereocenters. The van der Waals surface area contributed by atoms with Gasteiger partial charge in [-0.25, -0.2) is 4.98 Å². The summed E-state index contributed by atoms with van der Waals surface area (Å²) in [5.41, 5.74) is 6.85. The Hall–Kier alpha value is -1.73. The van der Waals surface area contributed by atoms with Crippen LogP contribution in [0.3, 0.4) is 0 Å². The third-order valence-electron chi connectivity index (χ3n) is 3.71. The van der Waals surface area contributed by atoms with Crippen LogP contribution >= 0.6 is 11.3 Å². The number of benzene rings is 1. The molecule has 106 valence electrons. The van der Waals surface area contributed by atoms with Gasteiger partial charge in [-0.2, -0.15) is 0 Å². The number of anilines is 1. The lowest BCUT2D eigenvalue weighted by Crippen LogP contribution is -2.42. The lowest BCUT2D eigenvalue weighted by Gasteiger charge is -2.28. The Morgan fingerprint density at radius 2 is 2.20 bits per heavy atom. The number of fused-ring (bicyclic) bond motifs is 1. The van der Waals surface area contributed by atoms with Crippen molar-refractivity contribution in [3.8, 4) is 0 Å². The van der Waals surface area contributed by atoms with Gasteiger partial charge in [0.25, 0.3) is 5.69 Å². The van der Waals surface area contributed by atoms with E-state index in [1.54, 1.807) is 6.07 Å². The predicted molar refractivity (Wildman–Crippen MR) is 80.1 cm³/mol. The summed E-state index contributed by atoms with van der Waals surface area (Å²) in [5.74, 6) is 0. The first-order chi connectivity index (χ1) is 9.63. The van der Waals surface area contributed by atoms with E-state index in [9.17, 15) is 10.1 Å². The second kappa shape index (κ2) is 5.34. The van der Waals surface area contributed by atoms with Crippen LogP contribution in [0.5, 0.6) is 0 Å². The number of nitrogens with zero attached hydrogens (tertiary/aromatic N) is 2. The van der Waals surface area contributed by atoms with E-state index >= 15 is 0 Å². The van der Waals surface area contributed by atoms with Crippen LogP contribution in [-0.4, -0.2) is 22.0 Å². The smallest absolute Gasteiger partial charge is 0.271 e. The Bertz CT molecular complexity index is 642. The maximum atomic E-state index is 10.8. The van der Waals surface area contributed by atoms with Gasteiger partial charge in [0.15, 0.2) is 5.13 Å². The highest BCUT2D eigenvalue weighted by Gasteiger charge is 2.22. The second-order valence-electron chi connectivity index (χ2n) is 5.13. The van der Waals surface area contributed by atoms with E-state index in [1.165, 1.54) is 36.3 Å². The van der Waals surface area contributed by atoms with Gasteiger partial charge in [0.2, 0.25) is 0 Å². The highest BCUT2D eigenvalue weighted by Crippen LogP contribution is 2.30. The molecule has 0 aliphatic heterocycles. The van der Waals surface area contributed by atoms with Gasteiger partial charge in [0, 0.05) is 24.2 Å². The van der Waals surface area contributed by atoms with Crippen molar-refractivity contribution in [2.45, 2.75) is 37.8 Å². The van der Waals surface area contributed by atoms with Crippen molar-refractivity contribution in [3.05, 3.63) is 28.3 Å². The van der Waals surface area contributed by atoms with Crippen molar-refractivity contribution in [1.29, 1.82) is 0 Å². The van der Waals surface area contributed by atoms with Crippen LogP contribution in [0, 0.1) is 10.1 Å². The molecule has 0 unspecified atom stereocenters. The van der Waals surface area contributed by atoms with Crippen molar-refractivity contribution < 1.29 is 4.92 Å². The summed E-state index contributed by atoms with van der Waals surface area (Å²) >= 11 is 1.51. The largest absolute Gasteiger partial charge is 0.357 e. The van der Waals surface area contributed by atoms with Crippen LogP contribution in [0.2, 0.25) is 0 Å². The molecule has 3 N–H and O–H groups in total. The van der Waals surface area contributed by atoms with Crippen molar-refractivity contribution in [3.63, 3.8) is 0 Å². The van der Waals surface area contributed by atoms with Crippen molar-refractivity contribution >= 4 is 32.4 Å². The second-order valence-corrected chi connectivity index (χ2v) is 6.16. The highest BCUT2D eigenvalue weighted by atomic mass is 32.1. The fraction of sp³-hybridized carbons (Fsp3) is 0.462. The Labute approximate surface area is 120 Å². The molecule has 6 nitrogen and oxygen atoms in total. The standard InChI is InChI=1S/C13H16N4O2S/c14-9-3-1-2-4-10(9)15-13-16-11-7-8(17(18)19)5-6-12(11)20-13/h5-7,9-10H,1-4,14H2,(H,15,16)/t9-,10+/m1/s1. The Morgan fingerprint density at radius 1 is 1.40 bits per heavy atom. The number of nitrogens with one attached hydrogen (secondary N) is 1. The normalized spacial score (nSPS) is 22.9. The Kier molecular flexibility index (Phi) is 3.54. The molecule has 0 bridgehead atoms. The molecule has 1 aromatic heterocycles. The van der Waals surface area contributed by atoms with Gasteiger partial charge in [-0.15, -0.1) is 0 Å². The summed E-state index contributed by atoms with van der Waals surface area (Å²) in [6, 6.07) is 5.18. The molecule has 0 radical (unpaired) electrons. The molecule has 2 aromatic rings. The number of aromatic nitrogens is 1. The maximum absolute atomic E-state index is 10.8. The minimum Gasteiger partial charge on any atom is -0.357 e. The van der Waals surface area contributed by atoms with Crippen LogP contribution in [0.25, 0.3) is 10.2 Å². The van der Waals surface area contributed by atoms with Crippen LogP contribution in [0.15, 0.2) is 18.2 Å². The quantitative estimate of drug-likeness (QED) is 0.670. The number of hydrogen-bond donors (Lipinski definition) is 2. The first-order valence-electron chi connectivity index (χ1n) is 6.70. The molecular formula is C13H16N4O2S. The monoisotopic (exact) mass is 292 g/mol. The predicted octanol–water partition coefficient (Wildman–Crippen LogP) is 2.89. The van der Waals surface area contributed by atoms with E-state index in [-0.39, 0.29) is 17.8 Å². The third-order valence-corrected chi connectivity index (χ3v) is 4.68. The number of hydrogen-bond acceptors (Lipinski definition) is 6. The molecule has 1 fully saturated rings. The van der Waals surface area contributed by atoms with E-state index in [1.807, 2.05) is 0 Å². The molecule has 7 heteroatoms. The average molecular weight is 292 g/mol. The van der Waals surface area contributed by atoms with Crippen molar-refractivity contribution in [1.82, 2.24) is 4.98 Å². The number of non-ortho nitro benzene ring substituents is 1. The molecule has 3 rings (SSSR count). The number of thiazole rings is 1. The SMILES string of the molecule is N[C@@H]1CCCC[C@@H]1Nc1nc2cc([N+](=O)[O-])ccc2s1. The van der Waals surface area contributed by atoms with Crippen molar-refractivity contribution in [2.24, 2.45) is 5.73 Å². The van der Waals surface area contributed by atoms with E-state index in [0.29, 0.717) is 5.52 Å². The summed E-state index contributed by atoms with van der Waals surface area (Å²) in [5, 5.41) is 14.9. The van der Waals surface area contributed by atoms with Gasteiger partial charge in [0.05, 0.1) is 15.1 Å². The minimum atomic E-state index is -0.400. The zero-order chi connectivity index (χ0) is 14.1. The highest BCUT2D eigenvalue weighted by molar-refractivity contribution is 7.22. The summed E-state index contributed by atoms with van der Waals surface area (Å²) in [6.45, 7) is 0. The Morgan fingerprint density at radius 3 is 2.95 bits per heavy atom. The van der Waals surface area contributed by atoms with Crippen molar-refractivity contribution in [2.75, 3.05) is 5.32 Å². The number of nitro groups is 1. The van der Waals surface area contributed by atoms with E-state index in [0.717, 1.165) is 22.7 Å². The molecule has 1 aliphatic carbocycles. The molecule has 20 heavy (non-hydrogen) atoms. The molecule has 0 spiro atoms. The molecule has 1 heterocycles. The van der Waals surface area contributed by atoms with Crippen LogP contribution in [0.4, 0.5) is 10.8 Å². The topological polar surface area (TPSA) is 94.1 Å². The van der Waals surface area contributed by atoms with Gasteiger partial charge in [0.1, 0.15) is 0 Å². The zero-order valence-electron chi connectivity index (χ0n) is 10.9. The number of nitro benzene ring substituents is 1. The lowest BCUT2D eigenvalue weighted by atomic mass is 9.91. The molecule has 1 aromatic carbocycles. The van der Waals surface area contributed by atoms with Gasteiger partial charge in [-0.05, 0) is 18.9 Å². The third kappa shape index (κ3) is 2.59. The van der Waals surface area contributed by atoms with Crippen LogP contribution < -0.4 is 11.1 Å². The van der Waals surface area contributed by atoms with Gasteiger partial charge in [-0.3, -0.25) is 10.1 Å². The van der Waals surface area contributed by atoms with E-state index in [2.05, 4.69) is 10.3 Å². The molecule has 1 saturated carbocycles. The summed E-state index contributed by atoms with van der Waals surface area (Å²) in [7, 11) is 0. The summed E-state index contributed by atoms with van der Waals surface area (Å²) in [4.78, 5) is 14.8.